The van der Waals surface area contributed by atoms with Gasteiger partial charge in [-0.05, 0) is 37.0 Å². The molecule has 0 aliphatic heterocycles. The van der Waals surface area contributed by atoms with E-state index in [-0.39, 0.29) is 11.6 Å². The average molecular weight is 342 g/mol. The number of rotatable bonds is 6. The van der Waals surface area contributed by atoms with Crippen molar-refractivity contribution in [3.63, 3.8) is 0 Å². The Balaban J connectivity index is 1.71. The zero-order chi connectivity index (χ0) is 17.7. The molecule has 0 saturated heterocycles. The average Bonchev–Trinajstić information content (AvgIpc) is 2.59. The molecule has 0 atom stereocenters. The van der Waals surface area contributed by atoms with E-state index in [1.165, 1.54) is 6.33 Å². The summed E-state index contributed by atoms with van der Waals surface area (Å²) in [4.78, 5) is 20.6. The summed E-state index contributed by atoms with van der Waals surface area (Å²) in [5, 5.41) is 5.88. The third-order valence-corrected chi connectivity index (χ3v) is 4.44. The molecule has 1 aliphatic rings. The van der Waals surface area contributed by atoms with Gasteiger partial charge in [-0.3, -0.25) is 5.32 Å². The second-order valence-electron chi connectivity index (χ2n) is 6.07. The predicted molar refractivity (Wildman–Crippen MR) is 93.4 cm³/mol. The van der Waals surface area contributed by atoms with Gasteiger partial charge in [0, 0.05) is 13.2 Å². The van der Waals surface area contributed by atoms with E-state index in [1.54, 1.807) is 20.3 Å². The molecule has 1 aliphatic carbocycles. The van der Waals surface area contributed by atoms with Crippen molar-refractivity contribution in [2.24, 2.45) is 0 Å². The molecule has 1 fully saturated rings. The number of urea groups is 1. The standard InChI is InChI=1S/C18H22N4O3/c1-24-11-14-10-16(20-12-19-14)21-17(23)22-18(7-4-8-18)13-5-3-6-15(9-13)25-2/h3,5-6,9-10,12H,4,7-8,11H2,1-2H3,(H2,19,20,21,22,23). The van der Waals surface area contributed by atoms with Crippen LogP contribution in [-0.2, 0) is 16.9 Å². The lowest BCUT2D eigenvalue weighted by Crippen LogP contribution is -2.52. The van der Waals surface area contributed by atoms with Crippen LogP contribution in [0.25, 0.3) is 0 Å². The first-order valence-corrected chi connectivity index (χ1v) is 8.19. The molecule has 7 nitrogen and oxygen atoms in total. The molecule has 0 radical (unpaired) electrons. The molecule has 1 aromatic carbocycles. The summed E-state index contributed by atoms with van der Waals surface area (Å²) in [6.07, 6.45) is 4.27. The van der Waals surface area contributed by atoms with E-state index in [1.807, 2.05) is 24.3 Å². The molecule has 2 aromatic rings. The van der Waals surface area contributed by atoms with E-state index in [9.17, 15) is 4.79 Å². The highest BCUT2D eigenvalue weighted by molar-refractivity contribution is 5.89. The first-order valence-electron chi connectivity index (χ1n) is 8.19. The first kappa shape index (κ1) is 17.2. The van der Waals surface area contributed by atoms with E-state index < -0.39 is 0 Å². The molecule has 0 bridgehead atoms. The van der Waals surface area contributed by atoms with E-state index in [0.717, 1.165) is 30.6 Å². The molecule has 1 saturated carbocycles. The van der Waals surface area contributed by atoms with Crippen LogP contribution in [0.2, 0.25) is 0 Å². The molecular weight excluding hydrogens is 320 g/mol. The minimum absolute atomic E-state index is 0.287. The van der Waals surface area contributed by atoms with Gasteiger partial charge < -0.3 is 14.8 Å². The molecule has 1 heterocycles. The number of ether oxygens (including phenoxy) is 2. The number of carbonyl (C=O) groups excluding carboxylic acids is 1. The summed E-state index contributed by atoms with van der Waals surface area (Å²) >= 11 is 0. The van der Waals surface area contributed by atoms with Crippen LogP contribution in [0.1, 0.15) is 30.5 Å². The van der Waals surface area contributed by atoms with Crippen molar-refractivity contribution in [2.75, 3.05) is 19.5 Å². The summed E-state index contributed by atoms with van der Waals surface area (Å²) in [5.41, 5.74) is 1.40. The lowest BCUT2D eigenvalue weighted by Gasteiger charge is -2.43. The van der Waals surface area contributed by atoms with Gasteiger partial charge in [-0.25, -0.2) is 14.8 Å². The SMILES string of the molecule is COCc1cc(NC(=O)NC2(c3cccc(OC)c3)CCC2)ncn1. The number of nitrogens with zero attached hydrogens (tertiary/aromatic N) is 2. The highest BCUT2D eigenvalue weighted by atomic mass is 16.5. The van der Waals surface area contributed by atoms with Gasteiger partial charge >= 0.3 is 6.03 Å². The fourth-order valence-corrected chi connectivity index (χ4v) is 2.99. The summed E-state index contributed by atoms with van der Waals surface area (Å²) in [7, 11) is 3.23. The summed E-state index contributed by atoms with van der Waals surface area (Å²) in [6, 6.07) is 9.24. The van der Waals surface area contributed by atoms with Crippen molar-refractivity contribution in [3.8, 4) is 5.75 Å². The van der Waals surface area contributed by atoms with Gasteiger partial charge in [-0.15, -0.1) is 0 Å². The zero-order valence-corrected chi connectivity index (χ0v) is 14.4. The van der Waals surface area contributed by atoms with Crippen molar-refractivity contribution in [1.29, 1.82) is 0 Å². The van der Waals surface area contributed by atoms with Crippen LogP contribution in [-0.4, -0.2) is 30.2 Å². The molecule has 0 unspecified atom stereocenters. The van der Waals surface area contributed by atoms with Crippen LogP contribution in [0.5, 0.6) is 5.75 Å². The van der Waals surface area contributed by atoms with Crippen LogP contribution in [0, 0.1) is 0 Å². The highest BCUT2D eigenvalue weighted by Crippen LogP contribution is 2.42. The first-order chi connectivity index (χ1) is 12.1. The van der Waals surface area contributed by atoms with Gasteiger partial charge in [-0.1, -0.05) is 12.1 Å². The predicted octanol–water partition coefficient (Wildman–Crippen LogP) is 2.83. The maximum absolute atomic E-state index is 12.5. The minimum Gasteiger partial charge on any atom is -0.497 e. The number of amides is 2. The third-order valence-electron chi connectivity index (χ3n) is 4.44. The largest absolute Gasteiger partial charge is 0.497 e. The monoisotopic (exact) mass is 342 g/mol. The topological polar surface area (TPSA) is 85.4 Å². The maximum Gasteiger partial charge on any atom is 0.321 e. The number of carbonyl (C=O) groups is 1. The van der Waals surface area contributed by atoms with E-state index in [0.29, 0.717) is 18.1 Å². The molecule has 0 spiro atoms. The van der Waals surface area contributed by atoms with Crippen LogP contribution < -0.4 is 15.4 Å². The van der Waals surface area contributed by atoms with Gasteiger partial charge in [0.05, 0.1) is 24.9 Å². The summed E-state index contributed by atoms with van der Waals surface area (Å²) in [5.74, 6) is 1.23. The second kappa shape index (κ2) is 7.48. The van der Waals surface area contributed by atoms with Gasteiger partial charge in [0.1, 0.15) is 17.9 Å². The highest BCUT2D eigenvalue weighted by Gasteiger charge is 2.40. The molecule has 1 aromatic heterocycles. The van der Waals surface area contributed by atoms with Crippen molar-refractivity contribution in [2.45, 2.75) is 31.4 Å². The molecule has 3 rings (SSSR count). The van der Waals surface area contributed by atoms with E-state index in [4.69, 9.17) is 9.47 Å². The third kappa shape index (κ3) is 3.88. The van der Waals surface area contributed by atoms with Gasteiger partial charge in [0.15, 0.2) is 0 Å². The van der Waals surface area contributed by atoms with Crippen molar-refractivity contribution in [1.82, 2.24) is 15.3 Å². The van der Waals surface area contributed by atoms with E-state index in [2.05, 4.69) is 20.6 Å². The Morgan fingerprint density at radius 1 is 1.24 bits per heavy atom. The zero-order valence-electron chi connectivity index (χ0n) is 14.4. The van der Waals surface area contributed by atoms with Crippen molar-refractivity contribution >= 4 is 11.8 Å². The molecule has 2 amide bonds. The maximum atomic E-state index is 12.5. The Morgan fingerprint density at radius 2 is 2.08 bits per heavy atom. The molecule has 132 valence electrons. The normalized spacial score (nSPS) is 15.1. The van der Waals surface area contributed by atoms with Crippen LogP contribution in [0.3, 0.4) is 0 Å². The van der Waals surface area contributed by atoms with Crippen LogP contribution in [0.4, 0.5) is 10.6 Å². The van der Waals surface area contributed by atoms with Gasteiger partial charge in [0.2, 0.25) is 0 Å². The number of nitrogens with one attached hydrogen (secondary N) is 2. The second-order valence-corrected chi connectivity index (χ2v) is 6.07. The van der Waals surface area contributed by atoms with Crippen LogP contribution in [0.15, 0.2) is 36.7 Å². The Bertz CT molecular complexity index is 747. The summed E-state index contributed by atoms with van der Waals surface area (Å²) < 4.78 is 10.3. The molecule has 2 N–H and O–H groups in total. The molecule has 25 heavy (non-hydrogen) atoms. The van der Waals surface area contributed by atoms with Crippen molar-refractivity contribution in [3.05, 3.63) is 47.9 Å². The number of anilines is 1. The lowest BCUT2D eigenvalue weighted by molar-refractivity contribution is 0.181. The smallest absolute Gasteiger partial charge is 0.321 e. The Hall–Kier alpha value is -2.67. The Morgan fingerprint density at radius 3 is 2.76 bits per heavy atom. The Kier molecular flexibility index (Phi) is 5.14. The number of aromatic nitrogens is 2. The van der Waals surface area contributed by atoms with E-state index >= 15 is 0 Å². The van der Waals surface area contributed by atoms with Gasteiger partial charge in [0.25, 0.3) is 0 Å². The minimum atomic E-state index is -0.360. The molecule has 7 heteroatoms. The number of hydrogen-bond donors (Lipinski definition) is 2. The van der Waals surface area contributed by atoms with Crippen LogP contribution >= 0.6 is 0 Å². The molecular formula is C18H22N4O3. The number of benzene rings is 1. The quantitative estimate of drug-likeness (QED) is 0.843. The van der Waals surface area contributed by atoms with Gasteiger partial charge in [-0.2, -0.15) is 0 Å². The Labute approximate surface area is 146 Å². The van der Waals surface area contributed by atoms with Crippen molar-refractivity contribution < 1.29 is 14.3 Å². The fourth-order valence-electron chi connectivity index (χ4n) is 2.99. The summed E-state index contributed by atoms with van der Waals surface area (Å²) in [6.45, 7) is 0.368. The number of hydrogen-bond acceptors (Lipinski definition) is 5. The fraction of sp³-hybridized carbons (Fsp3) is 0.389. The lowest BCUT2D eigenvalue weighted by atomic mass is 9.72. The number of methoxy groups -OCH3 is 2.